The summed E-state index contributed by atoms with van der Waals surface area (Å²) in [4.78, 5) is 26.2. The predicted octanol–water partition coefficient (Wildman–Crippen LogP) is 1.61. The molecule has 22 heavy (non-hydrogen) atoms. The molecular formula is C16H22FN3O2. The van der Waals surface area contributed by atoms with Crippen LogP contribution in [0.25, 0.3) is 0 Å². The summed E-state index contributed by atoms with van der Waals surface area (Å²) in [5, 5.41) is 5.76. The molecule has 1 aliphatic rings. The van der Waals surface area contributed by atoms with Crippen molar-refractivity contribution in [2.45, 2.75) is 25.8 Å². The van der Waals surface area contributed by atoms with Crippen molar-refractivity contribution in [3.63, 3.8) is 0 Å². The summed E-state index contributed by atoms with van der Waals surface area (Å²) in [7, 11) is 1.56. The lowest BCUT2D eigenvalue weighted by Crippen LogP contribution is -2.54. The second-order valence-corrected chi connectivity index (χ2v) is 5.96. The summed E-state index contributed by atoms with van der Waals surface area (Å²) in [5.74, 6) is -0.664. The molecule has 0 aliphatic carbocycles. The zero-order valence-electron chi connectivity index (χ0n) is 13.1. The van der Waals surface area contributed by atoms with Gasteiger partial charge in [-0.2, -0.15) is 0 Å². The van der Waals surface area contributed by atoms with Crippen LogP contribution in [0.15, 0.2) is 24.3 Å². The summed E-state index contributed by atoms with van der Waals surface area (Å²) in [5.41, 5.74) is -0.393. The maximum absolute atomic E-state index is 13.4. The van der Waals surface area contributed by atoms with Gasteiger partial charge in [-0.3, -0.25) is 9.59 Å². The van der Waals surface area contributed by atoms with Crippen LogP contribution in [0.2, 0.25) is 0 Å². The molecule has 120 valence electrons. The maximum Gasteiger partial charge on any atom is 0.247 e. The van der Waals surface area contributed by atoms with Gasteiger partial charge in [-0.1, -0.05) is 19.9 Å². The Morgan fingerprint density at radius 1 is 1.36 bits per heavy atom. The first kappa shape index (κ1) is 16.3. The molecule has 0 aromatic heterocycles. The number of halogens is 1. The lowest BCUT2D eigenvalue weighted by molar-refractivity contribution is -0.133. The quantitative estimate of drug-likeness (QED) is 0.888. The highest BCUT2D eigenvalue weighted by Gasteiger charge is 2.46. The lowest BCUT2D eigenvalue weighted by Gasteiger charge is -2.30. The summed E-state index contributed by atoms with van der Waals surface area (Å²) in [6, 6.07) is 5.99. The molecule has 1 aliphatic heterocycles. The summed E-state index contributed by atoms with van der Waals surface area (Å²) >= 11 is 0. The molecule has 1 saturated heterocycles. The molecule has 2 rings (SSSR count). The first-order chi connectivity index (χ1) is 10.4. The molecule has 0 spiro atoms. The monoisotopic (exact) mass is 307 g/mol. The Balaban J connectivity index is 2.23. The highest BCUT2D eigenvalue weighted by atomic mass is 19.1. The number of hydrogen-bond donors (Lipinski definition) is 2. The average molecular weight is 307 g/mol. The van der Waals surface area contributed by atoms with Gasteiger partial charge in [0.1, 0.15) is 11.4 Å². The molecule has 5 nitrogen and oxygen atoms in total. The highest BCUT2D eigenvalue weighted by molar-refractivity contribution is 5.91. The molecule has 1 aromatic rings. The van der Waals surface area contributed by atoms with Gasteiger partial charge in [-0.25, -0.2) is 4.39 Å². The number of carbonyl (C=O) groups excluding carboxylic acids is 2. The maximum atomic E-state index is 13.4. The SMILES string of the molecule is CNC(=O)C1(Nc2cccc(F)c2)CCN(C(=O)C(C)C)C1. The number of nitrogens with zero attached hydrogens (tertiary/aromatic N) is 1. The summed E-state index contributed by atoms with van der Waals surface area (Å²) < 4.78 is 13.4. The number of carbonyl (C=O) groups is 2. The van der Waals surface area contributed by atoms with Crippen molar-refractivity contribution in [2.24, 2.45) is 5.92 Å². The van der Waals surface area contributed by atoms with Gasteiger partial charge >= 0.3 is 0 Å². The Labute approximate surface area is 129 Å². The number of amides is 2. The Morgan fingerprint density at radius 2 is 2.09 bits per heavy atom. The molecule has 1 aromatic carbocycles. The number of hydrogen-bond acceptors (Lipinski definition) is 3. The summed E-state index contributed by atoms with van der Waals surface area (Å²) in [6.45, 7) is 4.46. The Kier molecular flexibility index (Phi) is 4.68. The van der Waals surface area contributed by atoms with E-state index in [1.165, 1.54) is 12.1 Å². The van der Waals surface area contributed by atoms with Crippen LogP contribution in [-0.4, -0.2) is 42.4 Å². The van der Waals surface area contributed by atoms with Gasteiger partial charge in [-0.05, 0) is 24.6 Å². The van der Waals surface area contributed by atoms with Gasteiger partial charge in [0.25, 0.3) is 0 Å². The average Bonchev–Trinajstić information content (AvgIpc) is 2.90. The second-order valence-electron chi connectivity index (χ2n) is 5.96. The van der Waals surface area contributed by atoms with E-state index < -0.39 is 5.54 Å². The Bertz CT molecular complexity index is 576. The lowest BCUT2D eigenvalue weighted by atomic mass is 9.96. The Hall–Kier alpha value is -2.11. The fourth-order valence-electron chi connectivity index (χ4n) is 2.79. The molecular weight excluding hydrogens is 285 g/mol. The van der Waals surface area contributed by atoms with E-state index in [4.69, 9.17) is 0 Å². The number of rotatable bonds is 4. The molecule has 1 heterocycles. The van der Waals surface area contributed by atoms with E-state index in [-0.39, 0.29) is 30.1 Å². The fourth-order valence-corrected chi connectivity index (χ4v) is 2.79. The molecule has 2 amide bonds. The standard InChI is InChI=1S/C16H22FN3O2/c1-11(2)14(21)20-8-7-16(10-20,15(22)18-3)19-13-6-4-5-12(17)9-13/h4-6,9,11,19H,7-8,10H2,1-3H3,(H,18,22). The van der Waals surface area contributed by atoms with Crippen molar-refractivity contribution in [2.75, 3.05) is 25.5 Å². The van der Waals surface area contributed by atoms with Crippen molar-refractivity contribution >= 4 is 17.5 Å². The molecule has 0 saturated carbocycles. The molecule has 1 atom stereocenters. The number of nitrogens with one attached hydrogen (secondary N) is 2. The third kappa shape index (κ3) is 3.21. The van der Waals surface area contributed by atoms with Crippen molar-refractivity contribution in [3.8, 4) is 0 Å². The van der Waals surface area contributed by atoms with Crippen LogP contribution in [0.4, 0.5) is 10.1 Å². The zero-order valence-corrected chi connectivity index (χ0v) is 13.1. The van der Waals surface area contributed by atoms with Gasteiger partial charge in [0.05, 0.1) is 6.54 Å². The molecule has 1 fully saturated rings. The second kappa shape index (κ2) is 6.34. The molecule has 2 N–H and O–H groups in total. The fraction of sp³-hybridized carbons (Fsp3) is 0.500. The minimum atomic E-state index is -0.924. The van der Waals surface area contributed by atoms with E-state index >= 15 is 0 Å². The third-order valence-corrected chi connectivity index (χ3v) is 3.94. The normalized spacial score (nSPS) is 21.0. The molecule has 0 bridgehead atoms. The van der Waals surface area contributed by atoms with Crippen LogP contribution < -0.4 is 10.6 Å². The zero-order chi connectivity index (χ0) is 16.3. The Morgan fingerprint density at radius 3 is 2.68 bits per heavy atom. The first-order valence-electron chi connectivity index (χ1n) is 7.43. The van der Waals surface area contributed by atoms with E-state index in [1.54, 1.807) is 24.1 Å². The van der Waals surface area contributed by atoms with E-state index in [9.17, 15) is 14.0 Å². The van der Waals surface area contributed by atoms with Crippen LogP contribution in [-0.2, 0) is 9.59 Å². The van der Waals surface area contributed by atoms with E-state index in [2.05, 4.69) is 10.6 Å². The van der Waals surface area contributed by atoms with Gasteiger partial charge in [0.2, 0.25) is 11.8 Å². The van der Waals surface area contributed by atoms with Crippen molar-refractivity contribution in [1.82, 2.24) is 10.2 Å². The largest absolute Gasteiger partial charge is 0.370 e. The number of likely N-dealkylation sites (tertiary alicyclic amines) is 1. The van der Waals surface area contributed by atoms with Crippen molar-refractivity contribution in [3.05, 3.63) is 30.1 Å². The summed E-state index contributed by atoms with van der Waals surface area (Å²) in [6.07, 6.45) is 0.488. The van der Waals surface area contributed by atoms with Gasteiger partial charge in [-0.15, -0.1) is 0 Å². The van der Waals surface area contributed by atoms with E-state index in [0.29, 0.717) is 18.7 Å². The van der Waals surface area contributed by atoms with Gasteiger partial charge < -0.3 is 15.5 Å². The minimum Gasteiger partial charge on any atom is -0.370 e. The number of anilines is 1. The first-order valence-corrected chi connectivity index (χ1v) is 7.43. The highest BCUT2D eigenvalue weighted by Crippen LogP contribution is 2.28. The number of benzene rings is 1. The van der Waals surface area contributed by atoms with Crippen LogP contribution in [0.5, 0.6) is 0 Å². The van der Waals surface area contributed by atoms with Crippen LogP contribution in [0, 0.1) is 11.7 Å². The molecule has 1 unspecified atom stereocenters. The molecule has 6 heteroatoms. The van der Waals surface area contributed by atoms with Crippen LogP contribution in [0.3, 0.4) is 0 Å². The van der Waals surface area contributed by atoms with Crippen LogP contribution in [0.1, 0.15) is 20.3 Å². The minimum absolute atomic E-state index is 0.0202. The predicted molar refractivity (Wildman–Crippen MR) is 82.9 cm³/mol. The third-order valence-electron chi connectivity index (χ3n) is 3.94. The van der Waals surface area contributed by atoms with Crippen molar-refractivity contribution < 1.29 is 14.0 Å². The van der Waals surface area contributed by atoms with Crippen molar-refractivity contribution in [1.29, 1.82) is 0 Å². The van der Waals surface area contributed by atoms with E-state index in [0.717, 1.165) is 0 Å². The number of likely N-dealkylation sites (N-methyl/N-ethyl adjacent to an activating group) is 1. The van der Waals surface area contributed by atoms with E-state index in [1.807, 2.05) is 13.8 Å². The molecule has 0 radical (unpaired) electrons. The van der Waals surface area contributed by atoms with Gasteiger partial charge in [0, 0.05) is 25.2 Å². The topological polar surface area (TPSA) is 61.4 Å². The van der Waals surface area contributed by atoms with Crippen LogP contribution >= 0.6 is 0 Å². The smallest absolute Gasteiger partial charge is 0.247 e. The van der Waals surface area contributed by atoms with Gasteiger partial charge in [0.15, 0.2) is 0 Å².